The van der Waals surface area contributed by atoms with Crippen LogP contribution in [0.15, 0.2) is 40.9 Å². The van der Waals surface area contributed by atoms with Crippen molar-refractivity contribution in [3.8, 4) is 11.5 Å². The second kappa shape index (κ2) is 5.98. The Morgan fingerprint density at radius 3 is 2.70 bits per heavy atom. The van der Waals surface area contributed by atoms with Crippen molar-refractivity contribution in [2.45, 2.75) is 6.54 Å². The standard InChI is InChI=1S/C13H10BrFN2O3/c14-12-2-1-10(17(18)19)6-13(12)20-11-4-8(7-16)3-9(15)5-11/h1-6H,7,16H2. The molecule has 0 bridgehead atoms. The van der Waals surface area contributed by atoms with Crippen LogP contribution >= 0.6 is 15.9 Å². The number of nitro groups is 1. The molecule has 0 saturated carbocycles. The molecule has 0 radical (unpaired) electrons. The number of rotatable bonds is 4. The fraction of sp³-hybridized carbons (Fsp3) is 0.0769. The molecule has 2 rings (SSSR count). The predicted molar refractivity (Wildman–Crippen MR) is 75.2 cm³/mol. The van der Waals surface area contributed by atoms with E-state index >= 15 is 0 Å². The second-order valence-electron chi connectivity index (χ2n) is 3.97. The van der Waals surface area contributed by atoms with Gasteiger partial charge in [-0.2, -0.15) is 0 Å². The lowest BCUT2D eigenvalue weighted by Gasteiger charge is -2.09. The molecule has 7 heteroatoms. The summed E-state index contributed by atoms with van der Waals surface area (Å²) in [6, 6.07) is 8.16. The molecule has 0 aromatic heterocycles. The minimum Gasteiger partial charge on any atom is -0.456 e. The quantitative estimate of drug-likeness (QED) is 0.679. The minimum atomic E-state index is -0.532. The Labute approximate surface area is 122 Å². The highest BCUT2D eigenvalue weighted by Crippen LogP contribution is 2.33. The van der Waals surface area contributed by atoms with Crippen LogP contribution in [-0.2, 0) is 6.54 Å². The summed E-state index contributed by atoms with van der Waals surface area (Å²) < 4.78 is 19.4. The van der Waals surface area contributed by atoms with Crippen LogP contribution in [0.3, 0.4) is 0 Å². The van der Waals surface area contributed by atoms with Gasteiger partial charge in [0.15, 0.2) is 0 Å². The van der Waals surface area contributed by atoms with Crippen molar-refractivity contribution in [1.29, 1.82) is 0 Å². The van der Waals surface area contributed by atoms with Gasteiger partial charge in [-0.15, -0.1) is 0 Å². The highest BCUT2D eigenvalue weighted by atomic mass is 79.9. The Bertz CT molecular complexity index is 664. The number of ether oxygens (including phenoxy) is 1. The first kappa shape index (κ1) is 14.4. The zero-order valence-corrected chi connectivity index (χ0v) is 11.8. The lowest BCUT2D eigenvalue weighted by Crippen LogP contribution is -1.98. The molecule has 0 unspecified atom stereocenters. The Hall–Kier alpha value is -1.99. The maximum atomic E-state index is 13.4. The molecule has 0 saturated heterocycles. The van der Waals surface area contributed by atoms with Gasteiger partial charge in [0.25, 0.3) is 5.69 Å². The fourth-order valence-corrected chi connectivity index (χ4v) is 1.94. The molecule has 2 N–H and O–H groups in total. The molecule has 0 aliphatic carbocycles. The summed E-state index contributed by atoms with van der Waals surface area (Å²) >= 11 is 3.23. The van der Waals surface area contributed by atoms with E-state index in [1.54, 1.807) is 6.07 Å². The normalized spacial score (nSPS) is 10.3. The molecule has 0 heterocycles. The second-order valence-corrected chi connectivity index (χ2v) is 4.83. The maximum absolute atomic E-state index is 13.4. The molecule has 0 fully saturated rings. The summed E-state index contributed by atoms with van der Waals surface area (Å²) in [6.45, 7) is 0.171. The molecular weight excluding hydrogens is 331 g/mol. The Balaban J connectivity index is 2.36. The van der Waals surface area contributed by atoms with E-state index in [2.05, 4.69) is 15.9 Å². The summed E-state index contributed by atoms with van der Waals surface area (Å²) in [5.41, 5.74) is 5.91. The van der Waals surface area contributed by atoms with Gasteiger partial charge >= 0.3 is 0 Å². The van der Waals surface area contributed by atoms with Crippen LogP contribution < -0.4 is 10.5 Å². The van der Waals surface area contributed by atoms with Crippen LogP contribution in [0, 0.1) is 15.9 Å². The molecule has 0 aliphatic rings. The van der Waals surface area contributed by atoms with E-state index < -0.39 is 10.7 Å². The van der Waals surface area contributed by atoms with Gasteiger partial charge in [0.05, 0.1) is 15.5 Å². The third kappa shape index (κ3) is 3.31. The molecule has 0 amide bonds. The van der Waals surface area contributed by atoms with Crippen LogP contribution in [0.2, 0.25) is 0 Å². The summed E-state index contributed by atoms with van der Waals surface area (Å²) in [5.74, 6) is -0.0241. The summed E-state index contributed by atoms with van der Waals surface area (Å²) in [6.07, 6.45) is 0. The van der Waals surface area contributed by atoms with Gasteiger partial charge in [0.2, 0.25) is 0 Å². The van der Waals surface area contributed by atoms with E-state index in [1.807, 2.05) is 0 Å². The number of non-ortho nitro benzene ring substituents is 1. The molecule has 20 heavy (non-hydrogen) atoms. The van der Waals surface area contributed by atoms with Crippen LogP contribution in [0.5, 0.6) is 11.5 Å². The highest BCUT2D eigenvalue weighted by molar-refractivity contribution is 9.10. The monoisotopic (exact) mass is 340 g/mol. The number of halogens is 2. The number of hydrogen-bond acceptors (Lipinski definition) is 4. The average molecular weight is 341 g/mol. The smallest absolute Gasteiger partial charge is 0.273 e. The Kier molecular flexibility index (Phi) is 4.31. The first-order chi connectivity index (χ1) is 9.49. The zero-order valence-electron chi connectivity index (χ0n) is 10.2. The molecule has 2 aromatic rings. The predicted octanol–water partition coefficient (Wildman–Crippen LogP) is 3.75. The van der Waals surface area contributed by atoms with Crippen LogP contribution in [0.1, 0.15) is 5.56 Å². The van der Waals surface area contributed by atoms with Gasteiger partial charge in [-0.3, -0.25) is 10.1 Å². The van der Waals surface area contributed by atoms with E-state index in [4.69, 9.17) is 10.5 Å². The highest BCUT2D eigenvalue weighted by Gasteiger charge is 2.12. The van der Waals surface area contributed by atoms with Gasteiger partial charge < -0.3 is 10.5 Å². The third-order valence-corrected chi connectivity index (χ3v) is 3.18. The van der Waals surface area contributed by atoms with E-state index in [0.29, 0.717) is 10.0 Å². The molecular formula is C13H10BrFN2O3. The molecule has 0 spiro atoms. The van der Waals surface area contributed by atoms with Crippen LogP contribution in [-0.4, -0.2) is 4.92 Å². The van der Waals surface area contributed by atoms with E-state index in [0.717, 1.165) is 0 Å². The van der Waals surface area contributed by atoms with Crippen molar-refractivity contribution in [3.05, 3.63) is 62.4 Å². The number of nitrogens with zero attached hydrogens (tertiary/aromatic N) is 1. The van der Waals surface area contributed by atoms with Gasteiger partial charge in [0, 0.05) is 18.7 Å². The number of nitrogens with two attached hydrogens (primary N) is 1. The van der Waals surface area contributed by atoms with E-state index in [1.165, 1.54) is 30.3 Å². The lowest BCUT2D eigenvalue weighted by molar-refractivity contribution is -0.384. The van der Waals surface area contributed by atoms with Crippen LogP contribution in [0.25, 0.3) is 0 Å². The Morgan fingerprint density at radius 1 is 1.30 bits per heavy atom. The Morgan fingerprint density at radius 2 is 2.05 bits per heavy atom. The number of hydrogen-bond donors (Lipinski definition) is 1. The SMILES string of the molecule is NCc1cc(F)cc(Oc2cc([N+](=O)[O-])ccc2Br)c1. The van der Waals surface area contributed by atoms with Crippen molar-refractivity contribution in [2.75, 3.05) is 0 Å². The van der Waals surface area contributed by atoms with Crippen molar-refractivity contribution >= 4 is 21.6 Å². The average Bonchev–Trinajstić information content (AvgIpc) is 2.40. The van der Waals surface area contributed by atoms with Crippen molar-refractivity contribution in [2.24, 2.45) is 5.73 Å². The molecule has 0 aliphatic heterocycles. The van der Waals surface area contributed by atoms with Crippen molar-refractivity contribution in [1.82, 2.24) is 0 Å². The number of nitro benzene ring substituents is 1. The number of benzene rings is 2. The lowest BCUT2D eigenvalue weighted by atomic mass is 10.2. The fourth-order valence-electron chi connectivity index (χ4n) is 1.61. The molecule has 5 nitrogen and oxygen atoms in total. The van der Waals surface area contributed by atoms with E-state index in [-0.39, 0.29) is 23.7 Å². The first-order valence-corrected chi connectivity index (χ1v) is 6.40. The van der Waals surface area contributed by atoms with Crippen LogP contribution in [0.4, 0.5) is 10.1 Å². The van der Waals surface area contributed by atoms with Gasteiger partial charge in [0.1, 0.15) is 17.3 Å². The minimum absolute atomic E-state index is 0.112. The van der Waals surface area contributed by atoms with Gasteiger partial charge in [-0.1, -0.05) is 0 Å². The van der Waals surface area contributed by atoms with Gasteiger partial charge in [-0.05, 0) is 39.7 Å². The molecule has 2 aromatic carbocycles. The topological polar surface area (TPSA) is 78.4 Å². The molecule has 104 valence electrons. The summed E-state index contributed by atoms with van der Waals surface area (Å²) in [4.78, 5) is 10.2. The molecule has 0 atom stereocenters. The third-order valence-electron chi connectivity index (χ3n) is 2.52. The van der Waals surface area contributed by atoms with Crippen molar-refractivity contribution < 1.29 is 14.1 Å². The van der Waals surface area contributed by atoms with Crippen molar-refractivity contribution in [3.63, 3.8) is 0 Å². The summed E-state index contributed by atoms with van der Waals surface area (Å²) in [5, 5.41) is 10.7. The maximum Gasteiger partial charge on any atom is 0.273 e. The largest absolute Gasteiger partial charge is 0.456 e. The zero-order chi connectivity index (χ0) is 14.7. The summed E-state index contributed by atoms with van der Waals surface area (Å²) in [7, 11) is 0. The van der Waals surface area contributed by atoms with Gasteiger partial charge in [-0.25, -0.2) is 4.39 Å². The first-order valence-electron chi connectivity index (χ1n) is 5.61. The van der Waals surface area contributed by atoms with E-state index in [9.17, 15) is 14.5 Å².